The molecule has 1 atom stereocenters. The van der Waals surface area contributed by atoms with E-state index >= 15 is 0 Å². The first-order valence-electron chi connectivity index (χ1n) is 8.55. The molecule has 0 saturated heterocycles. The number of amidine groups is 1. The molecule has 0 aromatic heterocycles. The normalized spacial score (nSPS) is 18.9. The standard InChI is InChI=1S/C19H22N4O2S/c1-4-21-15(24)10-14-11-26-19-22-12(2)16(18(25)20-3)17(23(14)19)13-8-6-5-7-9-13/h5-9,11,17H,4,10H2,1-3H3,(H,20,25)(H,21,24). The summed E-state index contributed by atoms with van der Waals surface area (Å²) in [5.74, 6) is -0.200. The number of benzene rings is 1. The summed E-state index contributed by atoms with van der Waals surface area (Å²) in [5, 5.41) is 8.30. The summed E-state index contributed by atoms with van der Waals surface area (Å²) >= 11 is 1.49. The zero-order chi connectivity index (χ0) is 18.7. The third kappa shape index (κ3) is 3.39. The molecule has 1 aromatic carbocycles. The van der Waals surface area contributed by atoms with Crippen molar-refractivity contribution in [3.8, 4) is 0 Å². The Bertz CT molecular complexity index is 814. The van der Waals surface area contributed by atoms with Crippen LogP contribution in [0.5, 0.6) is 0 Å². The molecule has 136 valence electrons. The number of rotatable bonds is 5. The van der Waals surface area contributed by atoms with Gasteiger partial charge in [0, 0.05) is 19.3 Å². The first-order valence-corrected chi connectivity index (χ1v) is 9.42. The SMILES string of the molecule is CCNC(=O)CC1=CSC2=NC(C)=C(C(=O)NC)C(c3ccccc3)N12. The van der Waals surface area contributed by atoms with Gasteiger partial charge in [0.1, 0.15) is 0 Å². The number of aliphatic imine (C=N–C) groups is 1. The largest absolute Gasteiger partial charge is 0.356 e. The summed E-state index contributed by atoms with van der Waals surface area (Å²) < 4.78 is 0. The van der Waals surface area contributed by atoms with E-state index in [9.17, 15) is 9.59 Å². The van der Waals surface area contributed by atoms with Gasteiger partial charge in [0.2, 0.25) is 5.91 Å². The molecule has 2 aliphatic rings. The lowest BCUT2D eigenvalue weighted by molar-refractivity contribution is -0.120. The second kappa shape index (κ2) is 7.78. The van der Waals surface area contributed by atoms with E-state index in [1.54, 1.807) is 7.05 Å². The molecule has 2 amide bonds. The van der Waals surface area contributed by atoms with Gasteiger partial charge >= 0.3 is 0 Å². The Labute approximate surface area is 157 Å². The Balaban J connectivity index is 2.04. The average Bonchev–Trinajstić information content (AvgIpc) is 3.03. The van der Waals surface area contributed by atoms with Gasteiger partial charge in [0.05, 0.1) is 23.7 Å². The van der Waals surface area contributed by atoms with E-state index in [0.29, 0.717) is 17.8 Å². The topological polar surface area (TPSA) is 73.8 Å². The second-order valence-electron chi connectivity index (χ2n) is 6.01. The molecule has 0 saturated carbocycles. The van der Waals surface area contributed by atoms with Gasteiger partial charge in [-0.1, -0.05) is 42.1 Å². The molecule has 1 aromatic rings. The fourth-order valence-corrected chi connectivity index (χ4v) is 4.13. The van der Waals surface area contributed by atoms with Crippen LogP contribution in [-0.4, -0.2) is 35.5 Å². The van der Waals surface area contributed by atoms with Crippen LogP contribution in [-0.2, 0) is 9.59 Å². The maximum atomic E-state index is 12.6. The quantitative estimate of drug-likeness (QED) is 0.835. The average molecular weight is 370 g/mol. The predicted octanol–water partition coefficient (Wildman–Crippen LogP) is 2.53. The summed E-state index contributed by atoms with van der Waals surface area (Å²) in [6.45, 7) is 4.34. The number of hydrogen-bond donors (Lipinski definition) is 2. The molecule has 7 heteroatoms. The van der Waals surface area contributed by atoms with Crippen LogP contribution in [0, 0.1) is 0 Å². The van der Waals surface area contributed by atoms with Crippen LogP contribution in [0.2, 0.25) is 0 Å². The number of hydrogen-bond acceptors (Lipinski definition) is 5. The monoisotopic (exact) mass is 370 g/mol. The first kappa shape index (κ1) is 18.3. The van der Waals surface area contributed by atoms with Gasteiger partial charge in [-0.25, -0.2) is 4.99 Å². The van der Waals surface area contributed by atoms with E-state index in [2.05, 4.69) is 15.6 Å². The van der Waals surface area contributed by atoms with Gasteiger partial charge in [-0.05, 0) is 24.8 Å². The van der Waals surface area contributed by atoms with Gasteiger partial charge in [-0.15, -0.1) is 0 Å². The van der Waals surface area contributed by atoms with Gasteiger partial charge in [-0.3, -0.25) is 9.59 Å². The molecule has 0 radical (unpaired) electrons. The fourth-order valence-electron chi connectivity index (χ4n) is 3.17. The Morgan fingerprint density at radius 2 is 2.00 bits per heavy atom. The lowest BCUT2D eigenvalue weighted by Crippen LogP contribution is -2.39. The summed E-state index contributed by atoms with van der Waals surface area (Å²) in [4.78, 5) is 31.4. The van der Waals surface area contributed by atoms with Crippen molar-refractivity contribution in [2.24, 2.45) is 4.99 Å². The first-order chi connectivity index (χ1) is 12.6. The number of allylic oxidation sites excluding steroid dienone is 1. The Hall–Kier alpha value is -2.54. The Morgan fingerprint density at radius 1 is 1.27 bits per heavy atom. The molecule has 0 spiro atoms. The summed E-state index contributed by atoms with van der Waals surface area (Å²) in [5.41, 5.74) is 3.14. The lowest BCUT2D eigenvalue weighted by atomic mass is 9.93. The molecule has 2 aliphatic heterocycles. The smallest absolute Gasteiger partial charge is 0.251 e. The van der Waals surface area contributed by atoms with E-state index in [-0.39, 0.29) is 24.3 Å². The van der Waals surface area contributed by atoms with Crippen molar-refractivity contribution in [1.29, 1.82) is 0 Å². The summed E-state index contributed by atoms with van der Waals surface area (Å²) in [6, 6.07) is 9.54. The van der Waals surface area contributed by atoms with Crippen molar-refractivity contribution in [3.63, 3.8) is 0 Å². The molecule has 6 nitrogen and oxygen atoms in total. The lowest BCUT2D eigenvalue weighted by Gasteiger charge is -2.36. The van der Waals surface area contributed by atoms with E-state index < -0.39 is 0 Å². The molecule has 0 bridgehead atoms. The van der Waals surface area contributed by atoms with Crippen LogP contribution in [0.25, 0.3) is 0 Å². The predicted molar refractivity (Wildman–Crippen MR) is 104 cm³/mol. The van der Waals surface area contributed by atoms with Crippen LogP contribution in [0.3, 0.4) is 0 Å². The minimum Gasteiger partial charge on any atom is -0.356 e. The number of likely N-dealkylation sites (N-methyl/N-ethyl adjacent to an activating group) is 1. The summed E-state index contributed by atoms with van der Waals surface area (Å²) in [6.07, 6.45) is 0.253. The van der Waals surface area contributed by atoms with Gasteiger partial charge < -0.3 is 15.5 Å². The molecule has 2 heterocycles. The highest BCUT2D eigenvalue weighted by molar-refractivity contribution is 8.16. The summed E-state index contributed by atoms with van der Waals surface area (Å²) in [7, 11) is 1.62. The Morgan fingerprint density at radius 3 is 2.65 bits per heavy atom. The number of carbonyl (C=O) groups excluding carboxylic acids is 2. The Kier molecular flexibility index (Phi) is 5.46. The fraction of sp³-hybridized carbons (Fsp3) is 0.316. The van der Waals surface area contributed by atoms with Crippen LogP contribution in [0.15, 0.2) is 57.7 Å². The zero-order valence-corrected chi connectivity index (χ0v) is 15.9. The van der Waals surface area contributed by atoms with Crippen LogP contribution >= 0.6 is 11.8 Å². The van der Waals surface area contributed by atoms with Crippen LogP contribution in [0.1, 0.15) is 31.9 Å². The second-order valence-corrected chi connectivity index (χ2v) is 6.85. The van der Waals surface area contributed by atoms with Crippen LogP contribution in [0.4, 0.5) is 0 Å². The van der Waals surface area contributed by atoms with Gasteiger partial charge in [0.25, 0.3) is 5.91 Å². The van der Waals surface area contributed by atoms with E-state index in [1.807, 2.05) is 54.5 Å². The van der Waals surface area contributed by atoms with E-state index in [4.69, 9.17) is 0 Å². The number of thioether (sulfide) groups is 1. The maximum Gasteiger partial charge on any atom is 0.251 e. The molecule has 26 heavy (non-hydrogen) atoms. The minimum atomic E-state index is -0.306. The molecular weight excluding hydrogens is 348 g/mol. The third-order valence-electron chi connectivity index (χ3n) is 4.30. The molecule has 3 rings (SSSR count). The minimum absolute atomic E-state index is 0.0415. The van der Waals surface area contributed by atoms with Gasteiger partial charge in [-0.2, -0.15) is 0 Å². The van der Waals surface area contributed by atoms with Crippen molar-refractivity contribution in [1.82, 2.24) is 15.5 Å². The number of nitrogens with one attached hydrogen (secondary N) is 2. The highest BCUT2D eigenvalue weighted by Crippen LogP contribution is 2.44. The maximum absolute atomic E-state index is 12.6. The van der Waals surface area contributed by atoms with Crippen molar-refractivity contribution in [2.45, 2.75) is 26.3 Å². The van der Waals surface area contributed by atoms with E-state index in [0.717, 1.165) is 16.4 Å². The molecular formula is C19H22N4O2S. The number of amides is 2. The molecule has 0 aliphatic carbocycles. The highest BCUT2D eigenvalue weighted by Gasteiger charge is 2.40. The molecule has 2 N–H and O–H groups in total. The van der Waals surface area contributed by atoms with E-state index in [1.165, 1.54) is 11.8 Å². The van der Waals surface area contributed by atoms with Crippen molar-refractivity contribution < 1.29 is 9.59 Å². The number of fused-ring (bicyclic) bond motifs is 1. The van der Waals surface area contributed by atoms with Crippen molar-refractivity contribution >= 4 is 28.7 Å². The van der Waals surface area contributed by atoms with Crippen molar-refractivity contribution in [2.75, 3.05) is 13.6 Å². The molecule has 0 fully saturated rings. The van der Waals surface area contributed by atoms with Crippen LogP contribution < -0.4 is 10.6 Å². The zero-order valence-electron chi connectivity index (χ0n) is 15.1. The van der Waals surface area contributed by atoms with Crippen molar-refractivity contribution in [3.05, 3.63) is 58.3 Å². The molecule has 1 unspecified atom stereocenters. The number of nitrogens with zero attached hydrogens (tertiary/aromatic N) is 2. The number of carbonyl (C=O) groups is 2. The highest BCUT2D eigenvalue weighted by atomic mass is 32.2. The third-order valence-corrected chi connectivity index (χ3v) is 5.19. The van der Waals surface area contributed by atoms with Gasteiger partial charge in [0.15, 0.2) is 5.17 Å².